The predicted octanol–water partition coefficient (Wildman–Crippen LogP) is 3.52. The molecule has 0 aliphatic heterocycles. The molecule has 0 aliphatic carbocycles. The van der Waals surface area contributed by atoms with Crippen molar-refractivity contribution in [2.24, 2.45) is 5.73 Å². The van der Waals surface area contributed by atoms with E-state index in [9.17, 15) is 0 Å². The summed E-state index contributed by atoms with van der Waals surface area (Å²) in [6.45, 7) is 6.41. The highest BCUT2D eigenvalue weighted by atomic mass is 14.6. The van der Waals surface area contributed by atoms with Crippen molar-refractivity contribution in [3.8, 4) is 0 Å². The molecule has 1 heteroatoms. The van der Waals surface area contributed by atoms with Crippen molar-refractivity contribution < 1.29 is 0 Å². The van der Waals surface area contributed by atoms with Crippen LogP contribution in [0.25, 0.3) is 5.70 Å². The summed E-state index contributed by atoms with van der Waals surface area (Å²) in [5.41, 5.74) is 9.36. The normalized spacial score (nSPS) is 14.1. The lowest BCUT2D eigenvalue weighted by molar-refractivity contribution is 0.731. The van der Waals surface area contributed by atoms with E-state index in [2.05, 4.69) is 32.0 Å². The largest absolute Gasteiger partial charge is 0.399 e. The smallest absolute Gasteiger partial charge is 0.0347 e. The maximum absolute atomic E-state index is 5.95. The molecule has 0 unspecified atom stereocenters. The standard InChI is InChI=1S/C13H19N/c1-4-10(3)11-8-6-7-9-12(11)13(14)5-2/h5-10H,4,14H2,1-3H3/b13-5-/t10-/m1/s1. The van der Waals surface area contributed by atoms with Gasteiger partial charge in [-0.3, -0.25) is 0 Å². The van der Waals surface area contributed by atoms with E-state index in [0.717, 1.165) is 12.1 Å². The van der Waals surface area contributed by atoms with Crippen LogP contribution in [0.1, 0.15) is 44.2 Å². The number of rotatable bonds is 3. The van der Waals surface area contributed by atoms with Crippen LogP contribution in [0.15, 0.2) is 30.3 Å². The van der Waals surface area contributed by atoms with Gasteiger partial charge in [0.25, 0.3) is 0 Å². The second kappa shape index (κ2) is 4.85. The molecule has 1 aromatic carbocycles. The second-order valence-electron chi connectivity index (χ2n) is 3.64. The van der Waals surface area contributed by atoms with Gasteiger partial charge in [0.2, 0.25) is 0 Å². The Labute approximate surface area is 86.6 Å². The van der Waals surface area contributed by atoms with Crippen LogP contribution in [0.4, 0.5) is 0 Å². The fraction of sp³-hybridized carbons (Fsp3) is 0.385. The predicted molar refractivity (Wildman–Crippen MR) is 63.0 cm³/mol. The molecule has 1 nitrogen and oxygen atoms in total. The van der Waals surface area contributed by atoms with Gasteiger partial charge in [0.1, 0.15) is 0 Å². The van der Waals surface area contributed by atoms with Crippen molar-refractivity contribution in [3.05, 3.63) is 41.5 Å². The fourth-order valence-electron chi connectivity index (χ4n) is 1.57. The van der Waals surface area contributed by atoms with Gasteiger partial charge in [-0.15, -0.1) is 0 Å². The molecule has 14 heavy (non-hydrogen) atoms. The average molecular weight is 189 g/mol. The summed E-state index contributed by atoms with van der Waals surface area (Å²) >= 11 is 0. The van der Waals surface area contributed by atoms with Gasteiger partial charge in [0, 0.05) is 11.3 Å². The first kappa shape index (κ1) is 10.8. The van der Waals surface area contributed by atoms with Crippen LogP contribution in [-0.4, -0.2) is 0 Å². The van der Waals surface area contributed by atoms with E-state index >= 15 is 0 Å². The van der Waals surface area contributed by atoms with Crippen LogP contribution in [-0.2, 0) is 0 Å². The fourth-order valence-corrected chi connectivity index (χ4v) is 1.57. The van der Waals surface area contributed by atoms with Gasteiger partial charge >= 0.3 is 0 Å². The molecule has 0 saturated carbocycles. The summed E-state index contributed by atoms with van der Waals surface area (Å²) in [6, 6.07) is 8.38. The van der Waals surface area contributed by atoms with Crippen LogP contribution < -0.4 is 5.73 Å². The highest BCUT2D eigenvalue weighted by Gasteiger charge is 2.08. The van der Waals surface area contributed by atoms with E-state index in [1.165, 1.54) is 11.1 Å². The Morgan fingerprint density at radius 2 is 2.07 bits per heavy atom. The Morgan fingerprint density at radius 1 is 1.43 bits per heavy atom. The van der Waals surface area contributed by atoms with E-state index in [4.69, 9.17) is 5.73 Å². The zero-order valence-corrected chi connectivity index (χ0v) is 9.25. The lowest BCUT2D eigenvalue weighted by atomic mass is 9.92. The molecule has 76 valence electrons. The van der Waals surface area contributed by atoms with Gasteiger partial charge < -0.3 is 5.73 Å². The molecule has 0 aliphatic rings. The minimum absolute atomic E-state index is 0.574. The molecule has 0 amide bonds. The summed E-state index contributed by atoms with van der Waals surface area (Å²) in [6.07, 6.45) is 3.11. The van der Waals surface area contributed by atoms with Crippen LogP contribution in [0.2, 0.25) is 0 Å². The second-order valence-corrected chi connectivity index (χ2v) is 3.64. The van der Waals surface area contributed by atoms with E-state index < -0.39 is 0 Å². The lowest BCUT2D eigenvalue weighted by Gasteiger charge is -2.14. The molecule has 1 rings (SSSR count). The van der Waals surface area contributed by atoms with Crippen molar-refractivity contribution in [1.29, 1.82) is 0 Å². The van der Waals surface area contributed by atoms with Crippen molar-refractivity contribution in [2.75, 3.05) is 0 Å². The van der Waals surface area contributed by atoms with E-state index in [1.807, 2.05) is 19.1 Å². The van der Waals surface area contributed by atoms with E-state index in [0.29, 0.717) is 5.92 Å². The topological polar surface area (TPSA) is 26.0 Å². The average Bonchev–Trinajstić information content (AvgIpc) is 2.27. The van der Waals surface area contributed by atoms with E-state index in [1.54, 1.807) is 0 Å². The molecule has 0 heterocycles. The Bertz CT molecular complexity index is 326. The monoisotopic (exact) mass is 189 g/mol. The number of allylic oxidation sites excluding steroid dienone is 1. The first-order valence-corrected chi connectivity index (χ1v) is 5.21. The summed E-state index contributed by atoms with van der Waals surface area (Å²) < 4.78 is 0. The number of nitrogens with two attached hydrogens (primary N) is 1. The highest BCUT2D eigenvalue weighted by Crippen LogP contribution is 2.25. The molecule has 0 fully saturated rings. The quantitative estimate of drug-likeness (QED) is 0.773. The maximum atomic E-state index is 5.95. The van der Waals surface area contributed by atoms with Gasteiger partial charge in [-0.2, -0.15) is 0 Å². The number of hydrogen-bond acceptors (Lipinski definition) is 1. The Kier molecular flexibility index (Phi) is 3.75. The minimum Gasteiger partial charge on any atom is -0.399 e. The molecule has 0 bridgehead atoms. The first-order chi connectivity index (χ1) is 6.70. The van der Waals surface area contributed by atoms with Crippen LogP contribution >= 0.6 is 0 Å². The molecule has 0 aromatic heterocycles. The van der Waals surface area contributed by atoms with Gasteiger partial charge in [-0.1, -0.05) is 44.2 Å². The third-order valence-corrected chi connectivity index (χ3v) is 2.73. The summed E-state index contributed by atoms with van der Waals surface area (Å²) in [5, 5.41) is 0. The molecular formula is C13H19N. The van der Waals surface area contributed by atoms with Gasteiger partial charge in [-0.25, -0.2) is 0 Å². The summed E-state index contributed by atoms with van der Waals surface area (Å²) in [7, 11) is 0. The number of hydrogen-bond donors (Lipinski definition) is 1. The first-order valence-electron chi connectivity index (χ1n) is 5.21. The molecule has 0 radical (unpaired) electrons. The minimum atomic E-state index is 0.574. The Balaban J connectivity index is 3.16. The lowest BCUT2D eigenvalue weighted by Crippen LogP contribution is -2.02. The third kappa shape index (κ3) is 2.16. The molecule has 2 N–H and O–H groups in total. The molecule has 0 spiro atoms. The highest BCUT2D eigenvalue weighted by molar-refractivity contribution is 5.65. The SMILES string of the molecule is C/C=C(\N)c1ccccc1[C@H](C)CC. The van der Waals surface area contributed by atoms with Crippen molar-refractivity contribution >= 4 is 5.70 Å². The van der Waals surface area contributed by atoms with Crippen molar-refractivity contribution in [3.63, 3.8) is 0 Å². The Hall–Kier alpha value is -1.24. The zero-order valence-electron chi connectivity index (χ0n) is 9.25. The van der Waals surface area contributed by atoms with Crippen LogP contribution in [0.3, 0.4) is 0 Å². The Morgan fingerprint density at radius 3 is 2.64 bits per heavy atom. The van der Waals surface area contributed by atoms with Gasteiger partial charge in [0.05, 0.1) is 0 Å². The van der Waals surface area contributed by atoms with Crippen molar-refractivity contribution in [1.82, 2.24) is 0 Å². The van der Waals surface area contributed by atoms with Gasteiger partial charge in [0.15, 0.2) is 0 Å². The van der Waals surface area contributed by atoms with E-state index in [-0.39, 0.29) is 0 Å². The summed E-state index contributed by atoms with van der Waals surface area (Å²) in [4.78, 5) is 0. The summed E-state index contributed by atoms with van der Waals surface area (Å²) in [5.74, 6) is 0.574. The molecule has 1 atom stereocenters. The number of benzene rings is 1. The third-order valence-electron chi connectivity index (χ3n) is 2.73. The van der Waals surface area contributed by atoms with Gasteiger partial charge in [-0.05, 0) is 24.8 Å². The van der Waals surface area contributed by atoms with Crippen LogP contribution in [0, 0.1) is 0 Å². The molecule has 1 aromatic rings. The zero-order chi connectivity index (χ0) is 10.6. The maximum Gasteiger partial charge on any atom is 0.0347 e. The molecule has 0 saturated heterocycles. The molecular weight excluding hydrogens is 170 g/mol. The van der Waals surface area contributed by atoms with Crippen molar-refractivity contribution in [2.45, 2.75) is 33.1 Å². The van der Waals surface area contributed by atoms with Crippen LogP contribution in [0.5, 0.6) is 0 Å².